The molecule has 0 saturated carbocycles. The minimum atomic E-state index is -0.444. The highest BCUT2D eigenvalue weighted by molar-refractivity contribution is 5.83. The van der Waals surface area contributed by atoms with Crippen LogP contribution in [0.15, 0.2) is 53.6 Å². The van der Waals surface area contributed by atoms with Crippen LogP contribution in [0.2, 0.25) is 0 Å². The Morgan fingerprint density at radius 2 is 2.04 bits per heavy atom. The number of hydrogen-bond donors (Lipinski definition) is 1. The zero-order valence-corrected chi connectivity index (χ0v) is 12.7. The number of hydrazone groups is 1. The molecule has 0 aliphatic carbocycles. The molecule has 0 bridgehead atoms. The first kappa shape index (κ1) is 15.3. The number of nitrogens with one attached hydrogen (secondary N) is 1. The number of non-ortho nitro benzene ring substituents is 1. The van der Waals surface area contributed by atoms with Crippen LogP contribution in [0.25, 0.3) is 5.69 Å². The fraction of sp³-hybridized carbons (Fsp3) is 0.0667. The van der Waals surface area contributed by atoms with Crippen molar-refractivity contribution in [2.24, 2.45) is 5.10 Å². The van der Waals surface area contributed by atoms with Gasteiger partial charge in [-0.3, -0.25) is 10.1 Å². The van der Waals surface area contributed by atoms with Crippen molar-refractivity contribution in [1.82, 2.24) is 20.2 Å². The summed E-state index contributed by atoms with van der Waals surface area (Å²) in [6.07, 6.45) is 1.49. The van der Waals surface area contributed by atoms with Gasteiger partial charge in [0, 0.05) is 17.7 Å². The highest BCUT2D eigenvalue weighted by Crippen LogP contribution is 2.16. The van der Waals surface area contributed by atoms with E-state index in [9.17, 15) is 10.1 Å². The molecule has 0 radical (unpaired) electrons. The number of para-hydroxylation sites is 1. The number of anilines is 1. The Labute approximate surface area is 136 Å². The summed E-state index contributed by atoms with van der Waals surface area (Å²) in [5, 5.41) is 26.3. The van der Waals surface area contributed by atoms with Gasteiger partial charge in [-0.2, -0.15) is 9.78 Å². The van der Waals surface area contributed by atoms with E-state index in [0.717, 1.165) is 11.3 Å². The van der Waals surface area contributed by atoms with E-state index >= 15 is 0 Å². The Balaban J connectivity index is 1.80. The van der Waals surface area contributed by atoms with Crippen LogP contribution in [0.5, 0.6) is 0 Å². The summed E-state index contributed by atoms with van der Waals surface area (Å²) >= 11 is 0. The molecule has 9 nitrogen and oxygen atoms in total. The molecule has 3 rings (SSSR count). The Kier molecular flexibility index (Phi) is 4.23. The van der Waals surface area contributed by atoms with E-state index < -0.39 is 4.92 Å². The van der Waals surface area contributed by atoms with Gasteiger partial charge >= 0.3 is 0 Å². The van der Waals surface area contributed by atoms with E-state index in [2.05, 4.69) is 26.1 Å². The molecule has 2 aromatic carbocycles. The first-order valence-corrected chi connectivity index (χ1v) is 7.03. The maximum atomic E-state index is 10.8. The number of hydrogen-bond acceptors (Lipinski definition) is 7. The maximum absolute atomic E-state index is 10.8. The molecule has 0 aliphatic rings. The number of aromatic nitrogens is 4. The van der Waals surface area contributed by atoms with E-state index in [0.29, 0.717) is 11.5 Å². The van der Waals surface area contributed by atoms with Gasteiger partial charge in [0.25, 0.3) is 11.6 Å². The smallest absolute Gasteiger partial charge is 0.258 e. The third-order valence-electron chi connectivity index (χ3n) is 3.31. The SMILES string of the molecule is Cc1ccc([N+](=O)[O-])cc1/C=N/Nc1nnnn1-c1ccccc1. The summed E-state index contributed by atoms with van der Waals surface area (Å²) in [4.78, 5) is 10.4. The van der Waals surface area contributed by atoms with E-state index in [1.807, 2.05) is 37.3 Å². The van der Waals surface area contributed by atoms with Crippen LogP contribution < -0.4 is 5.43 Å². The number of nitro benzene ring substituents is 1. The monoisotopic (exact) mass is 323 g/mol. The van der Waals surface area contributed by atoms with Crippen molar-refractivity contribution in [3.63, 3.8) is 0 Å². The van der Waals surface area contributed by atoms with Gasteiger partial charge in [-0.25, -0.2) is 5.43 Å². The van der Waals surface area contributed by atoms with Crippen LogP contribution >= 0.6 is 0 Å². The van der Waals surface area contributed by atoms with Crippen LogP contribution in [-0.2, 0) is 0 Å². The van der Waals surface area contributed by atoms with E-state index in [-0.39, 0.29) is 5.69 Å². The lowest BCUT2D eigenvalue weighted by molar-refractivity contribution is -0.384. The molecule has 0 unspecified atom stereocenters. The highest BCUT2D eigenvalue weighted by atomic mass is 16.6. The summed E-state index contributed by atoms with van der Waals surface area (Å²) in [7, 11) is 0. The second-order valence-electron chi connectivity index (χ2n) is 4.92. The quantitative estimate of drug-likeness (QED) is 0.438. The molecule has 24 heavy (non-hydrogen) atoms. The van der Waals surface area contributed by atoms with E-state index in [4.69, 9.17) is 0 Å². The Bertz CT molecular complexity index is 890. The molecule has 1 N–H and O–H groups in total. The van der Waals surface area contributed by atoms with Crippen molar-refractivity contribution in [3.8, 4) is 5.69 Å². The van der Waals surface area contributed by atoms with Crippen molar-refractivity contribution >= 4 is 17.9 Å². The third kappa shape index (κ3) is 3.24. The fourth-order valence-corrected chi connectivity index (χ4v) is 2.04. The molecule has 0 atom stereocenters. The number of aryl methyl sites for hydroxylation is 1. The molecule has 0 saturated heterocycles. The van der Waals surface area contributed by atoms with Crippen LogP contribution in [0.1, 0.15) is 11.1 Å². The average Bonchev–Trinajstić information content (AvgIpc) is 3.05. The Morgan fingerprint density at radius 1 is 1.25 bits per heavy atom. The van der Waals surface area contributed by atoms with Crippen molar-refractivity contribution < 1.29 is 4.92 Å². The number of nitrogens with zero attached hydrogens (tertiary/aromatic N) is 6. The lowest BCUT2D eigenvalue weighted by atomic mass is 10.1. The Morgan fingerprint density at radius 3 is 2.79 bits per heavy atom. The predicted molar refractivity (Wildman–Crippen MR) is 88.2 cm³/mol. The molecular formula is C15H13N7O2. The molecule has 0 fully saturated rings. The van der Waals surface area contributed by atoms with Crippen LogP contribution in [0.3, 0.4) is 0 Å². The fourth-order valence-electron chi connectivity index (χ4n) is 2.04. The molecule has 1 aromatic heterocycles. The lowest BCUT2D eigenvalue weighted by Crippen LogP contribution is -2.03. The van der Waals surface area contributed by atoms with Crippen molar-refractivity contribution in [2.75, 3.05) is 5.43 Å². The predicted octanol–water partition coefficient (Wildman–Crippen LogP) is 2.32. The van der Waals surface area contributed by atoms with Gasteiger partial charge in [-0.05, 0) is 35.0 Å². The normalized spacial score (nSPS) is 10.9. The molecule has 0 spiro atoms. The number of nitro groups is 1. The average molecular weight is 323 g/mol. The molecule has 1 heterocycles. The molecule has 3 aromatic rings. The van der Waals surface area contributed by atoms with Crippen molar-refractivity contribution in [2.45, 2.75) is 6.92 Å². The highest BCUT2D eigenvalue weighted by Gasteiger charge is 2.08. The third-order valence-corrected chi connectivity index (χ3v) is 3.31. The van der Waals surface area contributed by atoms with Gasteiger partial charge in [-0.15, -0.1) is 0 Å². The largest absolute Gasteiger partial charge is 0.270 e. The molecule has 120 valence electrons. The van der Waals surface area contributed by atoms with Gasteiger partial charge in [0.1, 0.15) is 0 Å². The van der Waals surface area contributed by atoms with E-state index in [1.54, 1.807) is 6.07 Å². The second-order valence-corrected chi connectivity index (χ2v) is 4.92. The van der Waals surface area contributed by atoms with Gasteiger partial charge in [0.15, 0.2) is 0 Å². The maximum Gasteiger partial charge on any atom is 0.270 e. The number of rotatable bonds is 5. The molecule has 0 amide bonds. The van der Waals surface area contributed by atoms with Gasteiger partial charge in [0.2, 0.25) is 0 Å². The molecular weight excluding hydrogens is 310 g/mol. The van der Waals surface area contributed by atoms with Crippen LogP contribution in [0, 0.1) is 17.0 Å². The van der Waals surface area contributed by atoms with Crippen molar-refractivity contribution in [1.29, 1.82) is 0 Å². The summed E-state index contributed by atoms with van der Waals surface area (Å²) in [5.74, 6) is 0.334. The van der Waals surface area contributed by atoms with Crippen LogP contribution in [-0.4, -0.2) is 31.3 Å². The summed E-state index contributed by atoms with van der Waals surface area (Å²) in [6.45, 7) is 1.85. The van der Waals surface area contributed by atoms with E-state index in [1.165, 1.54) is 23.0 Å². The number of benzene rings is 2. The van der Waals surface area contributed by atoms with Gasteiger partial charge < -0.3 is 0 Å². The standard InChI is InChI=1S/C15H13N7O2/c1-11-7-8-14(22(23)24)9-12(11)10-16-17-15-18-19-20-21(15)13-5-3-2-4-6-13/h2-10H,1H3,(H,17,18,20)/b16-10+. The first-order valence-electron chi connectivity index (χ1n) is 7.03. The summed E-state index contributed by atoms with van der Waals surface area (Å²) in [5.41, 5.74) is 5.04. The van der Waals surface area contributed by atoms with Gasteiger partial charge in [0.05, 0.1) is 16.8 Å². The minimum absolute atomic E-state index is 0.0103. The van der Waals surface area contributed by atoms with Crippen LogP contribution in [0.4, 0.5) is 11.6 Å². The Hall–Kier alpha value is -3.62. The number of tetrazole rings is 1. The zero-order chi connectivity index (χ0) is 16.9. The van der Waals surface area contributed by atoms with Crippen molar-refractivity contribution in [3.05, 3.63) is 69.8 Å². The minimum Gasteiger partial charge on any atom is -0.258 e. The second kappa shape index (κ2) is 6.65. The molecule has 9 heteroatoms. The lowest BCUT2D eigenvalue weighted by Gasteiger charge is -2.03. The summed E-state index contributed by atoms with van der Waals surface area (Å²) in [6, 6.07) is 13.9. The first-order chi connectivity index (χ1) is 11.6. The summed E-state index contributed by atoms with van der Waals surface area (Å²) < 4.78 is 1.50. The topological polar surface area (TPSA) is 111 Å². The zero-order valence-electron chi connectivity index (χ0n) is 12.7. The molecule has 0 aliphatic heterocycles. The van der Waals surface area contributed by atoms with Gasteiger partial charge in [-0.1, -0.05) is 29.4 Å².